The minimum atomic E-state index is -4.44. The van der Waals surface area contributed by atoms with Gasteiger partial charge in [0.1, 0.15) is 5.69 Å². The third kappa shape index (κ3) is 4.74. The van der Waals surface area contributed by atoms with Crippen LogP contribution in [0.3, 0.4) is 0 Å². The second-order valence-corrected chi connectivity index (χ2v) is 7.55. The van der Waals surface area contributed by atoms with Crippen molar-refractivity contribution in [2.45, 2.75) is 45.7 Å². The zero-order chi connectivity index (χ0) is 21.2. The Kier molecular flexibility index (Phi) is 5.91. The van der Waals surface area contributed by atoms with Crippen molar-refractivity contribution in [1.82, 2.24) is 15.2 Å². The first-order valence-corrected chi connectivity index (χ1v) is 10.0. The minimum absolute atomic E-state index is 0.116. The molecule has 29 heavy (non-hydrogen) atoms. The normalized spacial score (nSPS) is 17.6. The lowest BCUT2D eigenvalue weighted by Crippen LogP contribution is -2.44. The van der Waals surface area contributed by atoms with Gasteiger partial charge in [-0.3, -0.25) is 9.59 Å². The van der Waals surface area contributed by atoms with Crippen LogP contribution in [0.2, 0.25) is 0 Å². The number of likely N-dealkylation sites (tertiary alicyclic amines) is 1. The molecule has 2 aliphatic rings. The van der Waals surface area contributed by atoms with E-state index in [-0.39, 0.29) is 18.1 Å². The number of nitrogens with zero attached hydrogens (tertiary/aromatic N) is 1. The average molecular weight is 409 g/mol. The fraction of sp³-hybridized carbons (Fsp3) is 0.524. The van der Waals surface area contributed by atoms with Crippen LogP contribution >= 0.6 is 0 Å². The van der Waals surface area contributed by atoms with Gasteiger partial charge in [-0.05, 0) is 55.4 Å². The Bertz CT molecular complexity index is 890. The number of halogens is 3. The van der Waals surface area contributed by atoms with Gasteiger partial charge in [-0.2, -0.15) is 13.2 Å². The highest BCUT2D eigenvalue weighted by Crippen LogP contribution is 2.53. The van der Waals surface area contributed by atoms with Crippen molar-refractivity contribution < 1.29 is 22.8 Å². The molecule has 158 valence electrons. The Morgan fingerprint density at radius 3 is 2.34 bits per heavy atom. The molecule has 0 atom stereocenters. The molecule has 5 nitrogen and oxygen atoms in total. The van der Waals surface area contributed by atoms with Crippen molar-refractivity contribution in [1.29, 1.82) is 0 Å². The highest BCUT2D eigenvalue weighted by Gasteiger charge is 2.45. The van der Waals surface area contributed by atoms with Crippen LogP contribution in [0.1, 0.15) is 55.6 Å². The van der Waals surface area contributed by atoms with Gasteiger partial charge in [-0.25, -0.2) is 0 Å². The molecule has 2 heterocycles. The quantitative estimate of drug-likeness (QED) is 0.792. The van der Waals surface area contributed by atoms with Gasteiger partial charge in [-0.1, -0.05) is 13.8 Å². The van der Waals surface area contributed by atoms with Crippen LogP contribution in [-0.4, -0.2) is 41.3 Å². The summed E-state index contributed by atoms with van der Waals surface area (Å²) in [4.78, 5) is 29.1. The number of fused-ring (bicyclic) bond motifs is 1. The number of amides is 2. The predicted octanol–water partition coefficient (Wildman–Crippen LogP) is 4.35. The number of piperidine rings is 1. The zero-order valence-corrected chi connectivity index (χ0v) is 16.7. The number of alkyl halides is 3. The van der Waals surface area contributed by atoms with Gasteiger partial charge in [0.05, 0.1) is 12.1 Å². The molecule has 1 saturated heterocycles. The zero-order valence-electron chi connectivity index (χ0n) is 16.7. The number of benzene rings is 1. The third-order valence-corrected chi connectivity index (χ3v) is 5.73. The summed E-state index contributed by atoms with van der Waals surface area (Å²) in [5.41, 5.74) is 0.271. The van der Waals surface area contributed by atoms with Crippen molar-refractivity contribution >= 4 is 22.7 Å². The molecule has 2 fully saturated rings. The molecule has 2 N–H and O–H groups in total. The molecule has 2 aromatic rings. The first-order chi connectivity index (χ1) is 13.8. The largest absolute Gasteiger partial charge is 0.416 e. The van der Waals surface area contributed by atoms with Crippen LogP contribution in [-0.2, 0) is 11.0 Å². The van der Waals surface area contributed by atoms with Gasteiger partial charge in [0.25, 0.3) is 5.91 Å². The maximum atomic E-state index is 12.8. The summed E-state index contributed by atoms with van der Waals surface area (Å²) in [5, 5.41) is 2.85. The Balaban J connectivity index is 0.00000117. The topological polar surface area (TPSA) is 65.2 Å². The molecular weight excluding hydrogens is 383 g/mol. The summed E-state index contributed by atoms with van der Waals surface area (Å²) < 4.78 is 38.4. The van der Waals surface area contributed by atoms with E-state index in [2.05, 4.69) is 10.3 Å². The summed E-state index contributed by atoms with van der Waals surface area (Å²) in [6.07, 6.45) is 0.116. The van der Waals surface area contributed by atoms with Crippen LogP contribution in [0.15, 0.2) is 24.3 Å². The van der Waals surface area contributed by atoms with E-state index in [1.54, 1.807) is 4.90 Å². The summed E-state index contributed by atoms with van der Waals surface area (Å²) in [6, 6.07) is 4.62. The summed E-state index contributed by atoms with van der Waals surface area (Å²) in [5.74, 6) is -0.641. The van der Waals surface area contributed by atoms with E-state index in [9.17, 15) is 22.8 Å². The Hall–Kier alpha value is -2.51. The molecule has 0 bridgehead atoms. The van der Waals surface area contributed by atoms with Gasteiger partial charge in [-0.15, -0.1) is 0 Å². The van der Waals surface area contributed by atoms with Crippen LogP contribution in [0.5, 0.6) is 0 Å². The second kappa shape index (κ2) is 8.08. The number of hydrogen-bond acceptors (Lipinski definition) is 2. The van der Waals surface area contributed by atoms with Gasteiger partial charge >= 0.3 is 6.18 Å². The molecule has 1 spiro atoms. The number of nitrogens with one attached hydrogen (secondary N) is 2. The lowest BCUT2D eigenvalue weighted by atomic mass is 9.94. The molecule has 0 radical (unpaired) electrons. The number of rotatable bonds is 3. The Morgan fingerprint density at radius 2 is 1.76 bits per heavy atom. The number of carbonyl (C=O) groups excluding carboxylic acids is 2. The molecule has 2 amide bonds. The molecule has 0 unspecified atom stereocenters. The SMILES string of the molecule is CC.O=C(NCC(=O)N1CCC2(CC1)CC2)c1cc2cc(C(F)(F)F)ccc2[nH]1. The maximum absolute atomic E-state index is 12.8. The van der Waals surface area contributed by atoms with Crippen molar-refractivity contribution in [2.24, 2.45) is 5.41 Å². The molecule has 8 heteroatoms. The highest BCUT2D eigenvalue weighted by molar-refractivity contribution is 5.99. The van der Waals surface area contributed by atoms with Crippen molar-refractivity contribution in [3.8, 4) is 0 Å². The van der Waals surface area contributed by atoms with E-state index in [1.165, 1.54) is 25.0 Å². The third-order valence-electron chi connectivity index (χ3n) is 5.73. The van der Waals surface area contributed by atoms with E-state index in [4.69, 9.17) is 0 Å². The van der Waals surface area contributed by atoms with Crippen molar-refractivity contribution in [3.63, 3.8) is 0 Å². The lowest BCUT2D eigenvalue weighted by molar-refractivity contribution is -0.137. The monoisotopic (exact) mass is 409 g/mol. The molecule has 4 rings (SSSR count). The molecule has 1 aliphatic carbocycles. The number of H-pyrrole nitrogens is 1. The predicted molar refractivity (Wildman–Crippen MR) is 104 cm³/mol. The second-order valence-electron chi connectivity index (χ2n) is 7.55. The fourth-order valence-corrected chi connectivity index (χ4v) is 3.70. The van der Waals surface area contributed by atoms with E-state index in [1.807, 2.05) is 13.8 Å². The minimum Gasteiger partial charge on any atom is -0.351 e. The smallest absolute Gasteiger partial charge is 0.351 e. The van der Waals surface area contributed by atoms with Crippen molar-refractivity contribution in [2.75, 3.05) is 19.6 Å². The number of aromatic amines is 1. The highest BCUT2D eigenvalue weighted by atomic mass is 19.4. The Labute approximate surface area is 167 Å². The molecule has 1 aliphatic heterocycles. The van der Waals surface area contributed by atoms with Gasteiger partial charge < -0.3 is 15.2 Å². The standard InChI is InChI=1S/C19H20F3N3O2.C2H6/c20-19(21,22)13-1-2-14-12(9-13)10-15(24-14)17(27)23-11-16(26)25-7-5-18(3-4-18)6-8-25;1-2/h1-2,9-10,24H,3-8,11H2,(H,23,27);1-2H3. The molecule has 1 aromatic carbocycles. The van der Waals surface area contributed by atoms with E-state index in [0.29, 0.717) is 16.3 Å². The summed E-state index contributed by atoms with van der Waals surface area (Å²) in [7, 11) is 0. The van der Waals surface area contributed by atoms with Crippen molar-refractivity contribution in [3.05, 3.63) is 35.5 Å². The van der Waals surface area contributed by atoms with Crippen LogP contribution in [0.25, 0.3) is 10.9 Å². The van der Waals surface area contributed by atoms with Crippen LogP contribution < -0.4 is 5.32 Å². The number of hydrogen-bond donors (Lipinski definition) is 2. The first-order valence-electron chi connectivity index (χ1n) is 10.0. The maximum Gasteiger partial charge on any atom is 0.416 e. The van der Waals surface area contributed by atoms with Gasteiger partial charge in [0.2, 0.25) is 5.91 Å². The number of aromatic nitrogens is 1. The molecular formula is C21H26F3N3O2. The van der Waals surface area contributed by atoms with E-state index >= 15 is 0 Å². The van der Waals surface area contributed by atoms with E-state index < -0.39 is 17.6 Å². The number of carbonyl (C=O) groups is 2. The van der Waals surface area contributed by atoms with Gasteiger partial charge in [0, 0.05) is 24.0 Å². The summed E-state index contributed by atoms with van der Waals surface area (Å²) >= 11 is 0. The first kappa shape index (κ1) is 21.2. The van der Waals surface area contributed by atoms with Gasteiger partial charge in [0.15, 0.2) is 0 Å². The van der Waals surface area contributed by atoms with Crippen LogP contribution in [0, 0.1) is 5.41 Å². The molecule has 1 aromatic heterocycles. The fourth-order valence-electron chi connectivity index (χ4n) is 3.70. The lowest BCUT2D eigenvalue weighted by Gasteiger charge is -2.32. The molecule has 1 saturated carbocycles. The Morgan fingerprint density at radius 1 is 1.10 bits per heavy atom. The average Bonchev–Trinajstić information content (AvgIpc) is 3.31. The summed E-state index contributed by atoms with van der Waals surface area (Å²) in [6.45, 7) is 5.33. The van der Waals surface area contributed by atoms with Crippen LogP contribution in [0.4, 0.5) is 13.2 Å². The van der Waals surface area contributed by atoms with E-state index in [0.717, 1.165) is 38.1 Å².